The number of carbonyl (C=O) groups excluding carboxylic acids is 4. The van der Waals surface area contributed by atoms with Gasteiger partial charge in [-0.2, -0.15) is 5.26 Å². The van der Waals surface area contributed by atoms with Crippen molar-refractivity contribution in [1.29, 1.82) is 5.26 Å². The topological polar surface area (TPSA) is 146 Å². The van der Waals surface area contributed by atoms with Crippen molar-refractivity contribution in [2.45, 2.75) is 25.7 Å². The Morgan fingerprint density at radius 3 is 2.39 bits per heavy atom. The molecule has 0 aromatic heterocycles. The molecule has 1 aliphatic heterocycles. The number of rotatable bonds is 7. The summed E-state index contributed by atoms with van der Waals surface area (Å²) in [5.74, 6) is -1.08. The molecule has 0 atom stereocenters. The molecule has 188 valence electrons. The van der Waals surface area contributed by atoms with Crippen molar-refractivity contribution in [3.05, 3.63) is 64.7 Å². The second-order valence-corrected chi connectivity index (χ2v) is 8.58. The van der Waals surface area contributed by atoms with Crippen LogP contribution < -0.4 is 16.0 Å². The summed E-state index contributed by atoms with van der Waals surface area (Å²) in [6.07, 6.45) is 1.59. The molecule has 10 nitrogen and oxygen atoms in total. The van der Waals surface area contributed by atoms with Gasteiger partial charge in [-0.3, -0.25) is 19.3 Å². The molecule has 1 fully saturated rings. The predicted molar refractivity (Wildman–Crippen MR) is 132 cm³/mol. The summed E-state index contributed by atoms with van der Waals surface area (Å²) in [6.45, 7) is 2.14. The molecule has 1 saturated heterocycles. The van der Waals surface area contributed by atoms with E-state index < -0.39 is 24.5 Å². The number of nitriles is 1. The number of hydrogen-bond donors (Lipinski definition) is 2. The minimum absolute atomic E-state index is 0.172. The summed E-state index contributed by atoms with van der Waals surface area (Å²) in [6, 6.07) is 13.7. The summed E-state index contributed by atoms with van der Waals surface area (Å²) < 4.78 is 4.48. The molecule has 0 aliphatic carbocycles. The maximum atomic E-state index is 13.2. The molecule has 10 heteroatoms. The molecular weight excluding hydrogens is 462 g/mol. The third-order valence-electron chi connectivity index (χ3n) is 6.27. The van der Waals surface area contributed by atoms with E-state index in [-0.39, 0.29) is 12.5 Å². The number of benzene rings is 2. The van der Waals surface area contributed by atoms with Crippen LogP contribution in [0, 0.1) is 18.3 Å². The van der Waals surface area contributed by atoms with Gasteiger partial charge in [-0.05, 0) is 61.1 Å². The molecule has 2 aromatic rings. The first-order chi connectivity index (χ1) is 17.2. The van der Waals surface area contributed by atoms with Gasteiger partial charge in [0, 0.05) is 24.3 Å². The summed E-state index contributed by atoms with van der Waals surface area (Å²) in [7, 11) is 1.20. The van der Waals surface area contributed by atoms with Crippen molar-refractivity contribution in [2.75, 3.05) is 38.2 Å². The normalized spacial score (nSPS) is 13.4. The maximum Gasteiger partial charge on any atom is 0.325 e. The maximum absolute atomic E-state index is 13.2. The van der Waals surface area contributed by atoms with E-state index >= 15 is 0 Å². The Morgan fingerprint density at radius 2 is 1.81 bits per heavy atom. The number of piperidine rings is 1. The van der Waals surface area contributed by atoms with Crippen LogP contribution in [0.1, 0.15) is 45.8 Å². The monoisotopic (exact) mass is 491 g/mol. The fourth-order valence-corrected chi connectivity index (χ4v) is 4.19. The van der Waals surface area contributed by atoms with E-state index in [1.807, 2.05) is 12.1 Å². The van der Waals surface area contributed by atoms with Gasteiger partial charge in [0.2, 0.25) is 5.91 Å². The van der Waals surface area contributed by atoms with Crippen LogP contribution in [0.15, 0.2) is 42.5 Å². The molecule has 4 amide bonds. The van der Waals surface area contributed by atoms with Crippen LogP contribution in [0.4, 0.5) is 10.5 Å². The van der Waals surface area contributed by atoms with Crippen molar-refractivity contribution in [3.63, 3.8) is 0 Å². The number of ether oxygens (including phenoxy) is 1. The summed E-state index contributed by atoms with van der Waals surface area (Å²) in [5, 5.41) is 11.3. The lowest BCUT2D eigenvalue weighted by Gasteiger charge is -2.32. The molecule has 36 heavy (non-hydrogen) atoms. The fourth-order valence-electron chi connectivity index (χ4n) is 4.19. The van der Waals surface area contributed by atoms with E-state index in [9.17, 15) is 19.2 Å². The second-order valence-electron chi connectivity index (χ2n) is 8.58. The van der Waals surface area contributed by atoms with Crippen molar-refractivity contribution in [2.24, 2.45) is 5.73 Å². The second kappa shape index (κ2) is 11.8. The first-order valence-corrected chi connectivity index (χ1v) is 11.5. The number of nitrogens with two attached hydrogens (primary N) is 1. The molecule has 0 radical (unpaired) electrons. The average Bonchev–Trinajstić information content (AvgIpc) is 2.90. The Hall–Kier alpha value is -4.39. The van der Waals surface area contributed by atoms with Crippen molar-refractivity contribution in [3.8, 4) is 6.07 Å². The zero-order valence-electron chi connectivity index (χ0n) is 20.3. The van der Waals surface area contributed by atoms with Crippen LogP contribution in [0.2, 0.25) is 0 Å². The molecule has 0 unspecified atom stereocenters. The first kappa shape index (κ1) is 26.2. The standard InChI is InChI=1S/C26H29N5O5/c1-17-3-6-21(13-22(17)31(26(28)35)16-23(32)29-15-24(33)36-2)25(34)30-11-9-20(10-12-30)19-7-4-18(14-27)5-8-19/h3-8,13,20H,9-12,15-16H2,1-2H3,(H2,28,35)(H,29,32). The fraction of sp³-hybridized carbons (Fsp3) is 0.346. The van der Waals surface area contributed by atoms with Gasteiger partial charge in [0.1, 0.15) is 13.1 Å². The van der Waals surface area contributed by atoms with Gasteiger partial charge in [-0.15, -0.1) is 0 Å². The predicted octanol–water partition coefficient (Wildman–Crippen LogP) is 2.06. The van der Waals surface area contributed by atoms with Crippen LogP contribution in [-0.4, -0.2) is 62.0 Å². The van der Waals surface area contributed by atoms with E-state index in [0.717, 1.165) is 23.3 Å². The summed E-state index contributed by atoms with van der Waals surface area (Å²) in [4.78, 5) is 51.7. The van der Waals surface area contributed by atoms with E-state index in [0.29, 0.717) is 41.4 Å². The Kier molecular flexibility index (Phi) is 8.62. The molecule has 0 saturated carbocycles. The number of anilines is 1. The van der Waals surface area contributed by atoms with Crippen LogP contribution in [0.3, 0.4) is 0 Å². The van der Waals surface area contributed by atoms with Crippen LogP contribution in [0.25, 0.3) is 0 Å². The highest BCUT2D eigenvalue weighted by atomic mass is 16.5. The molecule has 2 aromatic carbocycles. The molecule has 1 aliphatic rings. The lowest BCUT2D eigenvalue weighted by molar-refractivity contribution is -0.141. The van der Waals surface area contributed by atoms with Crippen molar-refractivity contribution in [1.82, 2.24) is 10.2 Å². The highest BCUT2D eigenvalue weighted by Crippen LogP contribution is 2.30. The van der Waals surface area contributed by atoms with E-state index in [1.54, 1.807) is 42.2 Å². The van der Waals surface area contributed by atoms with Gasteiger partial charge < -0.3 is 20.7 Å². The molecule has 0 spiro atoms. The van der Waals surface area contributed by atoms with E-state index in [1.165, 1.54) is 7.11 Å². The van der Waals surface area contributed by atoms with E-state index in [4.69, 9.17) is 11.0 Å². The van der Waals surface area contributed by atoms with Crippen molar-refractivity contribution < 1.29 is 23.9 Å². The lowest BCUT2D eigenvalue weighted by atomic mass is 9.89. The zero-order valence-corrected chi connectivity index (χ0v) is 20.3. The quantitative estimate of drug-likeness (QED) is 0.567. The smallest absolute Gasteiger partial charge is 0.325 e. The van der Waals surface area contributed by atoms with E-state index in [2.05, 4.69) is 16.1 Å². The lowest BCUT2D eigenvalue weighted by Crippen LogP contribution is -2.45. The number of esters is 1. The van der Waals surface area contributed by atoms with Gasteiger partial charge >= 0.3 is 12.0 Å². The number of hydrogen-bond acceptors (Lipinski definition) is 6. The number of carbonyl (C=O) groups is 4. The van der Waals surface area contributed by atoms with Gasteiger partial charge in [0.05, 0.1) is 18.7 Å². The molecule has 0 bridgehead atoms. The Bertz CT molecular complexity index is 1180. The zero-order chi connectivity index (χ0) is 26.2. The van der Waals surface area contributed by atoms with Gasteiger partial charge in [0.25, 0.3) is 5.91 Å². The van der Waals surface area contributed by atoms with Gasteiger partial charge in [-0.1, -0.05) is 18.2 Å². The number of methoxy groups -OCH3 is 1. The molecule has 3 N–H and O–H groups in total. The highest BCUT2D eigenvalue weighted by Gasteiger charge is 2.26. The number of urea groups is 1. The molecule has 3 rings (SSSR count). The minimum atomic E-state index is -0.862. The number of primary amides is 1. The van der Waals surface area contributed by atoms with Crippen LogP contribution in [-0.2, 0) is 14.3 Å². The third kappa shape index (κ3) is 6.39. The number of nitrogens with one attached hydrogen (secondary N) is 1. The highest BCUT2D eigenvalue weighted by molar-refractivity contribution is 6.00. The number of likely N-dealkylation sites (tertiary alicyclic amines) is 1. The Labute approximate surface area is 209 Å². The largest absolute Gasteiger partial charge is 0.468 e. The van der Waals surface area contributed by atoms with Crippen molar-refractivity contribution >= 4 is 29.5 Å². The first-order valence-electron chi connectivity index (χ1n) is 11.5. The Balaban J connectivity index is 1.69. The molecular formula is C26H29N5O5. The number of nitrogens with zero attached hydrogens (tertiary/aromatic N) is 3. The van der Waals surface area contributed by atoms with Gasteiger partial charge in [-0.25, -0.2) is 4.79 Å². The van der Waals surface area contributed by atoms with Crippen LogP contribution >= 0.6 is 0 Å². The van der Waals surface area contributed by atoms with Gasteiger partial charge in [0.15, 0.2) is 0 Å². The number of amides is 4. The summed E-state index contributed by atoms with van der Waals surface area (Å²) in [5.41, 5.74) is 8.68. The number of aryl methyl sites for hydroxylation is 1. The third-order valence-corrected chi connectivity index (χ3v) is 6.27. The Morgan fingerprint density at radius 1 is 1.14 bits per heavy atom. The minimum Gasteiger partial charge on any atom is -0.468 e. The summed E-state index contributed by atoms with van der Waals surface area (Å²) >= 11 is 0. The average molecular weight is 492 g/mol. The molecule has 1 heterocycles. The van der Waals surface area contributed by atoms with Crippen LogP contribution in [0.5, 0.6) is 0 Å². The SMILES string of the molecule is COC(=O)CNC(=O)CN(C(N)=O)c1cc(C(=O)N2CCC(c3ccc(C#N)cc3)CC2)ccc1C.